The van der Waals surface area contributed by atoms with Crippen molar-refractivity contribution in [2.45, 2.75) is 13.0 Å². The molecule has 0 saturated carbocycles. The quantitative estimate of drug-likeness (QED) is 0.530. The number of hydrogen-bond acceptors (Lipinski definition) is 9. The molecule has 0 aliphatic carbocycles. The molecule has 28 heavy (non-hydrogen) atoms. The molecule has 0 fully saturated rings. The van der Waals surface area contributed by atoms with Crippen LogP contribution in [-0.4, -0.2) is 47.6 Å². The Bertz CT molecular complexity index is 1070. The highest BCUT2D eigenvalue weighted by Gasteiger charge is 2.18. The van der Waals surface area contributed by atoms with Crippen molar-refractivity contribution < 1.29 is 18.6 Å². The third-order valence-corrected chi connectivity index (χ3v) is 3.50. The topological polar surface area (TPSA) is 146 Å². The summed E-state index contributed by atoms with van der Waals surface area (Å²) in [6.45, 7) is 1.34. The van der Waals surface area contributed by atoms with Gasteiger partial charge in [0.2, 0.25) is 5.95 Å². The number of nitrogens with zero attached hydrogens (tertiary/aromatic N) is 6. The van der Waals surface area contributed by atoms with Crippen LogP contribution in [0.4, 0.5) is 26.2 Å². The lowest BCUT2D eigenvalue weighted by Gasteiger charge is -2.14. The van der Waals surface area contributed by atoms with Gasteiger partial charge in [0.05, 0.1) is 18.0 Å². The van der Waals surface area contributed by atoms with Gasteiger partial charge in [-0.25, -0.2) is 18.6 Å². The first kappa shape index (κ1) is 19.2. The summed E-state index contributed by atoms with van der Waals surface area (Å²) in [7, 11) is 1.39. The summed E-state index contributed by atoms with van der Waals surface area (Å²) in [5.41, 5.74) is 4.67. The number of nitrogens with two attached hydrogens (primary N) is 1. The number of tetrazole rings is 1. The summed E-state index contributed by atoms with van der Waals surface area (Å²) in [5.74, 6) is -2.23. The molecule has 13 heteroatoms. The number of anilines is 3. The Morgan fingerprint density at radius 1 is 1.32 bits per heavy atom. The summed E-state index contributed by atoms with van der Waals surface area (Å²) < 4.78 is 35.0. The molecule has 0 amide bonds. The normalized spacial score (nSPS) is 12.0. The van der Waals surface area contributed by atoms with Gasteiger partial charge in [-0.05, 0) is 23.4 Å². The van der Waals surface area contributed by atoms with Gasteiger partial charge in [0, 0.05) is 13.1 Å². The molecular formula is C15H16F2N8O3. The van der Waals surface area contributed by atoms with E-state index in [0.717, 1.165) is 21.6 Å². The summed E-state index contributed by atoms with van der Waals surface area (Å²) in [6, 6.07) is 2.21. The van der Waals surface area contributed by atoms with Crippen LogP contribution in [0.25, 0.3) is 5.69 Å². The van der Waals surface area contributed by atoms with Gasteiger partial charge < -0.3 is 20.9 Å². The van der Waals surface area contributed by atoms with Crippen LogP contribution in [0.2, 0.25) is 0 Å². The van der Waals surface area contributed by atoms with E-state index in [2.05, 4.69) is 25.7 Å². The molecule has 11 nitrogen and oxygen atoms in total. The third kappa shape index (κ3) is 3.88. The van der Waals surface area contributed by atoms with Crippen molar-refractivity contribution in [3.63, 3.8) is 0 Å². The summed E-state index contributed by atoms with van der Waals surface area (Å²) in [4.78, 5) is 19.5. The molecule has 2 aromatic heterocycles. The Kier molecular flexibility index (Phi) is 5.17. The second-order valence-corrected chi connectivity index (χ2v) is 5.81. The van der Waals surface area contributed by atoms with Gasteiger partial charge in [0.15, 0.2) is 17.5 Å². The first-order valence-electron chi connectivity index (χ1n) is 7.95. The van der Waals surface area contributed by atoms with Gasteiger partial charge >= 0.3 is 5.69 Å². The number of nitrogen functional groups attached to an aromatic ring is 1. The smallest absolute Gasteiger partial charge is 0.368 e. The lowest BCUT2D eigenvalue weighted by Crippen LogP contribution is -2.23. The van der Waals surface area contributed by atoms with E-state index in [9.17, 15) is 18.7 Å². The summed E-state index contributed by atoms with van der Waals surface area (Å²) in [5, 5.41) is 19.3. The maximum Gasteiger partial charge on any atom is 0.368 e. The lowest BCUT2D eigenvalue weighted by molar-refractivity contribution is 0.122. The number of aliphatic hydroxyl groups is 1. The van der Waals surface area contributed by atoms with Gasteiger partial charge in [-0.15, -0.1) is 0 Å². The number of benzene rings is 1. The van der Waals surface area contributed by atoms with Gasteiger partial charge in [0.25, 0.3) is 0 Å². The molecule has 4 N–H and O–H groups in total. The van der Waals surface area contributed by atoms with Crippen molar-refractivity contribution in [3.05, 3.63) is 40.4 Å². The maximum atomic E-state index is 14.5. The van der Waals surface area contributed by atoms with Crippen LogP contribution in [0.1, 0.15) is 6.92 Å². The van der Waals surface area contributed by atoms with Crippen molar-refractivity contribution >= 4 is 17.5 Å². The lowest BCUT2D eigenvalue weighted by atomic mass is 10.2. The minimum Gasteiger partial charge on any atom is -0.489 e. The Morgan fingerprint density at radius 2 is 2.07 bits per heavy atom. The van der Waals surface area contributed by atoms with Gasteiger partial charge in [0.1, 0.15) is 18.0 Å². The molecule has 0 radical (unpaired) electrons. The number of halogens is 2. The molecular weight excluding hydrogens is 378 g/mol. The van der Waals surface area contributed by atoms with Crippen molar-refractivity contribution in [1.29, 1.82) is 0 Å². The van der Waals surface area contributed by atoms with Crippen LogP contribution in [0, 0.1) is 11.6 Å². The third-order valence-electron chi connectivity index (χ3n) is 3.50. The largest absolute Gasteiger partial charge is 0.489 e. The van der Waals surface area contributed by atoms with Gasteiger partial charge in [-0.2, -0.15) is 14.3 Å². The average Bonchev–Trinajstić information content (AvgIpc) is 2.97. The molecule has 3 aromatic rings. The van der Waals surface area contributed by atoms with E-state index >= 15 is 0 Å². The monoisotopic (exact) mass is 394 g/mol. The molecule has 0 saturated heterocycles. The first-order chi connectivity index (χ1) is 13.3. The second kappa shape index (κ2) is 7.56. The fraction of sp³-hybridized carbons (Fsp3) is 0.267. The van der Waals surface area contributed by atoms with E-state index in [-0.39, 0.29) is 29.7 Å². The predicted octanol–water partition coefficient (Wildman–Crippen LogP) is 0.120. The summed E-state index contributed by atoms with van der Waals surface area (Å²) >= 11 is 0. The van der Waals surface area contributed by atoms with Crippen LogP contribution >= 0.6 is 0 Å². The van der Waals surface area contributed by atoms with Crippen molar-refractivity contribution in [3.8, 4) is 11.4 Å². The zero-order chi connectivity index (χ0) is 20.4. The van der Waals surface area contributed by atoms with Gasteiger partial charge in [-0.1, -0.05) is 0 Å². The molecule has 2 heterocycles. The number of ether oxygens (including phenoxy) is 1. The van der Waals surface area contributed by atoms with Crippen molar-refractivity contribution in [1.82, 2.24) is 29.8 Å². The number of aromatic nitrogens is 6. The van der Waals surface area contributed by atoms with E-state index in [4.69, 9.17) is 10.5 Å². The molecule has 0 bridgehead atoms. The fourth-order valence-corrected chi connectivity index (χ4v) is 2.16. The zero-order valence-corrected chi connectivity index (χ0v) is 14.8. The number of aryl methyl sites for hydroxylation is 1. The van der Waals surface area contributed by atoms with E-state index in [1.807, 2.05) is 0 Å². The van der Waals surface area contributed by atoms with Crippen LogP contribution in [0.15, 0.2) is 23.1 Å². The predicted molar refractivity (Wildman–Crippen MR) is 93.4 cm³/mol. The van der Waals surface area contributed by atoms with E-state index in [0.29, 0.717) is 0 Å². The van der Waals surface area contributed by atoms with Crippen LogP contribution in [0.3, 0.4) is 0 Å². The van der Waals surface area contributed by atoms with E-state index in [1.54, 1.807) is 0 Å². The molecule has 3 rings (SSSR count). The highest BCUT2D eigenvalue weighted by Crippen LogP contribution is 2.30. The first-order valence-corrected chi connectivity index (χ1v) is 7.95. The minimum absolute atomic E-state index is 0.0499. The zero-order valence-electron chi connectivity index (χ0n) is 14.8. The SMILES string of the molecule is C[C@@H](O)COc1cc(F)c(Nc2ncc(F)c(N)n2)cc1-n1nnn(C)c1=O. The number of hydrogen-bond donors (Lipinski definition) is 3. The standard InChI is InChI=1S/C15H16F2N8O3/c1-7(26)6-28-12-3-8(16)10(20-14-19-5-9(17)13(18)21-14)4-11(12)25-15(27)24(2)22-23-25/h3-5,7,26H,6H2,1-2H3,(H3,18,19,20,21)/t7-/m1/s1. The number of nitrogens with one attached hydrogen (secondary N) is 1. The van der Waals surface area contributed by atoms with Crippen LogP contribution in [0.5, 0.6) is 5.75 Å². The fourth-order valence-electron chi connectivity index (χ4n) is 2.16. The molecule has 1 aromatic carbocycles. The Balaban J connectivity index is 2.06. The number of aliphatic hydroxyl groups excluding tert-OH is 1. The van der Waals surface area contributed by atoms with Crippen molar-refractivity contribution in [2.75, 3.05) is 17.7 Å². The Labute approximate surface area is 156 Å². The average molecular weight is 394 g/mol. The highest BCUT2D eigenvalue weighted by molar-refractivity contribution is 5.63. The van der Waals surface area contributed by atoms with E-state index in [1.165, 1.54) is 20.0 Å². The molecule has 148 valence electrons. The van der Waals surface area contributed by atoms with Crippen LogP contribution in [-0.2, 0) is 7.05 Å². The molecule has 1 atom stereocenters. The van der Waals surface area contributed by atoms with Crippen molar-refractivity contribution in [2.24, 2.45) is 7.05 Å². The summed E-state index contributed by atoms with van der Waals surface area (Å²) in [6.07, 6.45) is -0.000536. The molecule has 0 unspecified atom stereocenters. The second-order valence-electron chi connectivity index (χ2n) is 5.81. The Morgan fingerprint density at radius 3 is 2.68 bits per heavy atom. The van der Waals surface area contributed by atoms with Crippen LogP contribution < -0.4 is 21.5 Å². The minimum atomic E-state index is -0.831. The molecule has 0 spiro atoms. The molecule has 0 aliphatic heterocycles. The Hall–Kier alpha value is -3.61. The van der Waals surface area contributed by atoms with E-state index < -0.39 is 29.2 Å². The molecule has 0 aliphatic rings. The van der Waals surface area contributed by atoms with Gasteiger partial charge in [-0.3, -0.25) is 0 Å². The number of rotatable bonds is 6. The maximum absolute atomic E-state index is 14.5. The highest BCUT2D eigenvalue weighted by atomic mass is 19.1.